The lowest BCUT2D eigenvalue weighted by molar-refractivity contribution is -0.0498. The summed E-state index contributed by atoms with van der Waals surface area (Å²) in [6.07, 6.45) is 0.729. The summed E-state index contributed by atoms with van der Waals surface area (Å²) in [6.45, 7) is 0.988. The highest BCUT2D eigenvalue weighted by molar-refractivity contribution is 6.01. The second-order valence-corrected chi connectivity index (χ2v) is 6.43. The van der Waals surface area contributed by atoms with Gasteiger partial charge in [0, 0.05) is 5.69 Å². The first-order valence-electron chi connectivity index (χ1n) is 9.45. The third kappa shape index (κ3) is 5.62. The summed E-state index contributed by atoms with van der Waals surface area (Å²) in [5, 5.41) is 6.83. The smallest absolute Gasteiger partial charge is 0.387 e. The third-order valence-electron chi connectivity index (χ3n) is 4.09. The number of ether oxygens (including phenoxy) is 2. The van der Waals surface area contributed by atoms with Crippen molar-refractivity contribution in [3.8, 4) is 11.4 Å². The first-order valence-corrected chi connectivity index (χ1v) is 9.45. The molecule has 0 aliphatic carbocycles. The van der Waals surface area contributed by atoms with E-state index >= 15 is 0 Å². The minimum atomic E-state index is -2.91. The first kappa shape index (κ1) is 21.9. The number of anilines is 1. The van der Waals surface area contributed by atoms with Gasteiger partial charge in [-0.2, -0.15) is 8.78 Å². The molecule has 1 heterocycles. The van der Waals surface area contributed by atoms with Crippen molar-refractivity contribution >= 4 is 17.6 Å². The van der Waals surface area contributed by atoms with Crippen LogP contribution in [0, 0.1) is 6.92 Å². The number of nitrogens with one attached hydrogen (secondary N) is 1. The Morgan fingerprint density at radius 2 is 1.77 bits per heavy atom. The fourth-order valence-electron chi connectivity index (χ4n) is 2.65. The molecule has 3 rings (SSSR count). The Morgan fingerprint density at radius 3 is 2.39 bits per heavy atom. The van der Waals surface area contributed by atoms with Crippen molar-refractivity contribution in [2.45, 2.75) is 26.9 Å². The van der Waals surface area contributed by atoms with Gasteiger partial charge in [0.05, 0.1) is 17.9 Å². The van der Waals surface area contributed by atoms with Crippen LogP contribution >= 0.6 is 0 Å². The number of carbonyl (C=O) groups is 2. The van der Waals surface area contributed by atoms with Gasteiger partial charge in [-0.15, -0.1) is 5.10 Å². The van der Waals surface area contributed by atoms with Crippen LogP contribution in [-0.2, 0) is 4.74 Å². The van der Waals surface area contributed by atoms with E-state index in [0.29, 0.717) is 29.4 Å². The maximum absolute atomic E-state index is 12.5. The number of esters is 1. The van der Waals surface area contributed by atoms with Crippen LogP contribution in [0.5, 0.6) is 5.75 Å². The molecule has 0 unspecified atom stereocenters. The zero-order valence-electron chi connectivity index (χ0n) is 16.8. The maximum Gasteiger partial charge on any atom is 0.387 e. The van der Waals surface area contributed by atoms with Crippen molar-refractivity contribution in [2.75, 3.05) is 11.9 Å². The van der Waals surface area contributed by atoms with Crippen molar-refractivity contribution in [3.05, 3.63) is 65.7 Å². The normalized spacial score (nSPS) is 10.7. The SMILES string of the molecule is CCCOC(=O)c1ccc(NC(=O)c2nc(C)n(-c3ccc(OC(F)F)cc3)n2)cc1. The van der Waals surface area contributed by atoms with E-state index in [4.69, 9.17) is 4.74 Å². The van der Waals surface area contributed by atoms with Crippen molar-refractivity contribution in [1.82, 2.24) is 14.8 Å². The van der Waals surface area contributed by atoms with Crippen molar-refractivity contribution < 1.29 is 27.8 Å². The van der Waals surface area contributed by atoms with Gasteiger partial charge in [-0.25, -0.2) is 14.5 Å². The number of amides is 1. The van der Waals surface area contributed by atoms with Crippen molar-refractivity contribution in [1.29, 1.82) is 0 Å². The van der Waals surface area contributed by atoms with E-state index in [1.807, 2.05) is 6.92 Å². The maximum atomic E-state index is 12.5. The summed E-state index contributed by atoms with van der Waals surface area (Å²) in [4.78, 5) is 28.5. The Bertz CT molecular complexity index is 1050. The highest BCUT2D eigenvalue weighted by Gasteiger charge is 2.16. The molecule has 0 saturated heterocycles. The monoisotopic (exact) mass is 430 g/mol. The number of aryl methyl sites for hydroxylation is 1. The van der Waals surface area contributed by atoms with Gasteiger partial charge in [-0.1, -0.05) is 6.92 Å². The molecule has 1 amide bonds. The molecule has 0 bridgehead atoms. The number of halogens is 2. The van der Waals surface area contributed by atoms with Gasteiger partial charge in [0.15, 0.2) is 0 Å². The predicted molar refractivity (Wildman–Crippen MR) is 108 cm³/mol. The molecule has 0 fully saturated rings. The van der Waals surface area contributed by atoms with Crippen LogP contribution in [0.4, 0.5) is 14.5 Å². The topological polar surface area (TPSA) is 95.3 Å². The molecule has 0 spiro atoms. The molecule has 162 valence electrons. The summed E-state index contributed by atoms with van der Waals surface area (Å²) in [5.74, 6) is -0.600. The van der Waals surface area contributed by atoms with Crippen LogP contribution in [0.2, 0.25) is 0 Å². The van der Waals surface area contributed by atoms with E-state index in [1.165, 1.54) is 28.9 Å². The van der Waals surface area contributed by atoms with Gasteiger partial charge in [-0.3, -0.25) is 4.79 Å². The zero-order valence-corrected chi connectivity index (χ0v) is 16.8. The van der Waals surface area contributed by atoms with Crippen LogP contribution in [0.15, 0.2) is 48.5 Å². The molecule has 0 radical (unpaired) electrons. The summed E-state index contributed by atoms with van der Waals surface area (Å²) >= 11 is 0. The Labute approximate surface area is 176 Å². The molecule has 2 aromatic carbocycles. The number of alkyl halides is 2. The number of nitrogens with zero attached hydrogens (tertiary/aromatic N) is 3. The lowest BCUT2D eigenvalue weighted by Gasteiger charge is -2.06. The Kier molecular flexibility index (Phi) is 6.91. The number of rotatable bonds is 8. The number of hydrogen-bond acceptors (Lipinski definition) is 6. The number of benzene rings is 2. The average Bonchev–Trinajstić information content (AvgIpc) is 3.14. The highest BCUT2D eigenvalue weighted by Crippen LogP contribution is 2.18. The minimum absolute atomic E-state index is 0.0107. The fourth-order valence-corrected chi connectivity index (χ4v) is 2.65. The Balaban J connectivity index is 1.68. The summed E-state index contributed by atoms with van der Waals surface area (Å²) in [7, 11) is 0. The molecule has 0 aliphatic heterocycles. The lowest BCUT2D eigenvalue weighted by Crippen LogP contribution is -2.14. The lowest BCUT2D eigenvalue weighted by atomic mass is 10.2. The summed E-state index contributed by atoms with van der Waals surface area (Å²) in [6, 6.07) is 12.0. The summed E-state index contributed by atoms with van der Waals surface area (Å²) < 4.78 is 35.3. The molecule has 31 heavy (non-hydrogen) atoms. The van der Waals surface area contributed by atoms with Crippen molar-refractivity contribution in [3.63, 3.8) is 0 Å². The van der Waals surface area contributed by atoms with Crippen LogP contribution in [0.3, 0.4) is 0 Å². The molecular formula is C21H20F2N4O4. The molecule has 3 aromatic rings. The molecule has 0 atom stereocenters. The zero-order chi connectivity index (χ0) is 22.4. The van der Waals surface area contributed by atoms with E-state index in [9.17, 15) is 18.4 Å². The van der Waals surface area contributed by atoms with E-state index in [0.717, 1.165) is 6.42 Å². The number of carbonyl (C=O) groups excluding carboxylic acids is 2. The van der Waals surface area contributed by atoms with Crippen LogP contribution in [-0.4, -0.2) is 39.9 Å². The highest BCUT2D eigenvalue weighted by atomic mass is 19.3. The third-order valence-corrected chi connectivity index (χ3v) is 4.09. The first-order chi connectivity index (χ1) is 14.9. The largest absolute Gasteiger partial charge is 0.462 e. The van der Waals surface area contributed by atoms with Gasteiger partial charge < -0.3 is 14.8 Å². The number of aromatic nitrogens is 3. The second-order valence-electron chi connectivity index (χ2n) is 6.43. The molecule has 8 nitrogen and oxygen atoms in total. The molecule has 10 heteroatoms. The van der Waals surface area contributed by atoms with Crippen LogP contribution in [0.1, 0.15) is 40.1 Å². The van der Waals surface area contributed by atoms with Crippen LogP contribution in [0.25, 0.3) is 5.69 Å². The minimum Gasteiger partial charge on any atom is -0.462 e. The molecular weight excluding hydrogens is 410 g/mol. The standard InChI is InChI=1S/C21H20F2N4O4/c1-3-12-30-20(29)14-4-6-15(7-5-14)25-19(28)18-24-13(2)27(26-18)16-8-10-17(11-9-16)31-21(22)23/h4-11,21H,3,12H2,1-2H3,(H,25,28). The van der Waals surface area contributed by atoms with Gasteiger partial charge >= 0.3 is 12.6 Å². The van der Waals surface area contributed by atoms with Gasteiger partial charge in [0.2, 0.25) is 5.82 Å². The van der Waals surface area contributed by atoms with E-state index < -0.39 is 18.5 Å². The van der Waals surface area contributed by atoms with Crippen LogP contribution < -0.4 is 10.1 Å². The van der Waals surface area contributed by atoms with Crippen molar-refractivity contribution in [2.24, 2.45) is 0 Å². The van der Waals surface area contributed by atoms with Gasteiger partial charge in [-0.05, 0) is 61.9 Å². The average molecular weight is 430 g/mol. The Hall–Kier alpha value is -3.82. The van der Waals surface area contributed by atoms with E-state index in [2.05, 4.69) is 20.1 Å². The van der Waals surface area contributed by atoms with E-state index in [1.54, 1.807) is 31.2 Å². The Morgan fingerprint density at radius 1 is 1.10 bits per heavy atom. The number of hydrogen-bond donors (Lipinski definition) is 1. The molecule has 0 aliphatic rings. The second kappa shape index (κ2) is 9.79. The molecule has 0 saturated carbocycles. The van der Waals surface area contributed by atoms with E-state index in [-0.39, 0.29) is 11.6 Å². The predicted octanol–water partition coefficient (Wildman–Crippen LogP) is 4.00. The summed E-state index contributed by atoms with van der Waals surface area (Å²) in [5.41, 5.74) is 1.36. The fraction of sp³-hybridized carbons (Fsp3) is 0.238. The quantitative estimate of drug-likeness (QED) is 0.543. The molecule has 1 aromatic heterocycles. The van der Waals surface area contributed by atoms with Gasteiger partial charge in [0.1, 0.15) is 11.6 Å². The molecule has 1 N–H and O–H groups in total. The van der Waals surface area contributed by atoms with Gasteiger partial charge in [0.25, 0.3) is 5.91 Å².